The van der Waals surface area contributed by atoms with Crippen molar-refractivity contribution < 1.29 is 14.6 Å². The highest BCUT2D eigenvalue weighted by atomic mass is 16.5. The SMILES string of the molecule is O=C(O)CC1COCCc2cccn21. The van der Waals surface area contributed by atoms with Crippen LogP contribution in [0.15, 0.2) is 18.3 Å². The number of hydrogen-bond donors (Lipinski definition) is 1. The lowest BCUT2D eigenvalue weighted by atomic mass is 10.2. The van der Waals surface area contributed by atoms with Gasteiger partial charge in [-0.3, -0.25) is 4.79 Å². The summed E-state index contributed by atoms with van der Waals surface area (Å²) in [5.74, 6) is -0.778. The van der Waals surface area contributed by atoms with E-state index in [-0.39, 0.29) is 12.5 Å². The second kappa shape index (κ2) is 3.84. The predicted molar refractivity (Wildman–Crippen MR) is 50.2 cm³/mol. The lowest BCUT2D eigenvalue weighted by Crippen LogP contribution is -2.17. The summed E-state index contributed by atoms with van der Waals surface area (Å²) in [6.45, 7) is 1.17. The molecule has 1 aliphatic rings. The van der Waals surface area contributed by atoms with Crippen molar-refractivity contribution in [3.05, 3.63) is 24.0 Å². The van der Waals surface area contributed by atoms with Crippen LogP contribution in [0.5, 0.6) is 0 Å². The van der Waals surface area contributed by atoms with E-state index in [1.54, 1.807) is 0 Å². The molecule has 0 saturated carbocycles. The van der Waals surface area contributed by atoms with Crippen molar-refractivity contribution in [2.45, 2.75) is 18.9 Å². The number of aromatic nitrogens is 1. The molecule has 0 amide bonds. The van der Waals surface area contributed by atoms with Gasteiger partial charge >= 0.3 is 5.97 Å². The number of ether oxygens (including phenoxy) is 1. The fourth-order valence-corrected chi connectivity index (χ4v) is 1.83. The van der Waals surface area contributed by atoms with Crippen molar-refractivity contribution in [1.29, 1.82) is 0 Å². The smallest absolute Gasteiger partial charge is 0.305 e. The summed E-state index contributed by atoms with van der Waals surface area (Å²) >= 11 is 0. The van der Waals surface area contributed by atoms with Crippen molar-refractivity contribution in [3.8, 4) is 0 Å². The van der Waals surface area contributed by atoms with E-state index in [2.05, 4.69) is 0 Å². The van der Waals surface area contributed by atoms with Gasteiger partial charge in [0.25, 0.3) is 0 Å². The predicted octanol–water partition coefficient (Wildman–Crippen LogP) is 1.08. The summed E-state index contributed by atoms with van der Waals surface area (Å²) in [4.78, 5) is 10.6. The van der Waals surface area contributed by atoms with Crippen molar-refractivity contribution in [1.82, 2.24) is 4.57 Å². The van der Waals surface area contributed by atoms with Crippen LogP contribution in [0.1, 0.15) is 18.2 Å². The number of carboxylic acid groups (broad SMARTS) is 1. The lowest BCUT2D eigenvalue weighted by molar-refractivity contribution is -0.138. The van der Waals surface area contributed by atoms with Crippen molar-refractivity contribution in [2.24, 2.45) is 0 Å². The van der Waals surface area contributed by atoms with E-state index in [1.807, 2.05) is 22.9 Å². The Bertz CT molecular complexity index is 332. The Kier molecular flexibility index (Phi) is 2.54. The Hall–Kier alpha value is -1.29. The molecule has 0 saturated heterocycles. The molecule has 1 aliphatic heterocycles. The Morgan fingerprint density at radius 2 is 2.57 bits per heavy atom. The fraction of sp³-hybridized carbons (Fsp3) is 0.500. The number of carbonyl (C=O) groups is 1. The zero-order valence-corrected chi connectivity index (χ0v) is 7.85. The molecule has 0 spiro atoms. The molecule has 0 fully saturated rings. The highest BCUT2D eigenvalue weighted by molar-refractivity contribution is 5.67. The molecule has 1 N–H and O–H groups in total. The molecule has 1 aromatic heterocycles. The van der Waals surface area contributed by atoms with Crippen LogP contribution in [0.4, 0.5) is 0 Å². The fourth-order valence-electron chi connectivity index (χ4n) is 1.83. The van der Waals surface area contributed by atoms with Crippen LogP contribution in [-0.4, -0.2) is 28.9 Å². The first-order valence-corrected chi connectivity index (χ1v) is 4.72. The van der Waals surface area contributed by atoms with Gasteiger partial charge in [0, 0.05) is 18.3 Å². The molecular weight excluding hydrogens is 182 g/mol. The number of rotatable bonds is 2. The molecule has 2 rings (SSSR count). The van der Waals surface area contributed by atoms with E-state index >= 15 is 0 Å². The van der Waals surface area contributed by atoms with Crippen LogP contribution in [0.3, 0.4) is 0 Å². The van der Waals surface area contributed by atoms with E-state index < -0.39 is 5.97 Å². The zero-order chi connectivity index (χ0) is 9.97. The molecule has 0 bridgehead atoms. The van der Waals surface area contributed by atoms with E-state index in [0.29, 0.717) is 13.2 Å². The van der Waals surface area contributed by atoms with Crippen molar-refractivity contribution >= 4 is 5.97 Å². The molecule has 4 heteroatoms. The third-order valence-electron chi connectivity index (χ3n) is 2.48. The van der Waals surface area contributed by atoms with E-state index in [1.165, 1.54) is 0 Å². The molecule has 1 unspecified atom stereocenters. The van der Waals surface area contributed by atoms with Crippen LogP contribution in [-0.2, 0) is 16.0 Å². The second-order valence-corrected chi connectivity index (χ2v) is 3.48. The van der Waals surface area contributed by atoms with Crippen LogP contribution >= 0.6 is 0 Å². The highest BCUT2D eigenvalue weighted by Crippen LogP contribution is 2.19. The number of carboxylic acids is 1. The number of nitrogens with zero attached hydrogens (tertiary/aromatic N) is 1. The number of fused-ring (bicyclic) bond motifs is 1. The molecule has 14 heavy (non-hydrogen) atoms. The third kappa shape index (κ3) is 1.80. The highest BCUT2D eigenvalue weighted by Gasteiger charge is 2.19. The lowest BCUT2D eigenvalue weighted by Gasteiger charge is -2.15. The standard InChI is InChI=1S/C10H13NO3/c12-10(13)6-9-7-14-5-3-8-2-1-4-11(8)9/h1-2,4,9H,3,5-7H2,(H,12,13). The minimum absolute atomic E-state index is 0.0556. The first-order chi connectivity index (χ1) is 6.77. The van der Waals surface area contributed by atoms with Gasteiger partial charge in [0.15, 0.2) is 0 Å². The van der Waals surface area contributed by atoms with Crippen molar-refractivity contribution in [2.75, 3.05) is 13.2 Å². The minimum Gasteiger partial charge on any atom is -0.481 e. The van der Waals surface area contributed by atoms with Crippen LogP contribution < -0.4 is 0 Å². The van der Waals surface area contributed by atoms with Gasteiger partial charge in [-0.2, -0.15) is 0 Å². The average molecular weight is 195 g/mol. The minimum atomic E-state index is -0.778. The Balaban J connectivity index is 2.21. The first kappa shape index (κ1) is 9.27. The van der Waals surface area contributed by atoms with Gasteiger partial charge < -0.3 is 14.4 Å². The van der Waals surface area contributed by atoms with Crippen LogP contribution in [0, 0.1) is 0 Å². The maximum atomic E-state index is 10.6. The largest absolute Gasteiger partial charge is 0.481 e. The van der Waals surface area contributed by atoms with Crippen molar-refractivity contribution in [3.63, 3.8) is 0 Å². The average Bonchev–Trinajstić information content (AvgIpc) is 2.51. The molecule has 0 aliphatic carbocycles. The molecule has 1 aromatic rings. The molecule has 0 aromatic carbocycles. The molecule has 2 heterocycles. The van der Waals surface area contributed by atoms with Gasteiger partial charge in [-0.1, -0.05) is 0 Å². The van der Waals surface area contributed by atoms with E-state index in [4.69, 9.17) is 9.84 Å². The topological polar surface area (TPSA) is 51.5 Å². The third-order valence-corrected chi connectivity index (χ3v) is 2.48. The molecular formula is C10H13NO3. The van der Waals surface area contributed by atoms with Gasteiger partial charge in [-0.05, 0) is 12.1 Å². The Morgan fingerprint density at radius 3 is 3.36 bits per heavy atom. The maximum Gasteiger partial charge on any atom is 0.305 e. The van der Waals surface area contributed by atoms with Gasteiger partial charge in [0.05, 0.1) is 25.7 Å². The number of hydrogen-bond acceptors (Lipinski definition) is 2. The monoisotopic (exact) mass is 195 g/mol. The summed E-state index contributed by atoms with van der Waals surface area (Å²) < 4.78 is 7.38. The van der Waals surface area contributed by atoms with Gasteiger partial charge in [-0.25, -0.2) is 0 Å². The van der Waals surface area contributed by atoms with Gasteiger partial charge in [-0.15, -0.1) is 0 Å². The van der Waals surface area contributed by atoms with Crippen LogP contribution in [0.2, 0.25) is 0 Å². The van der Waals surface area contributed by atoms with Gasteiger partial charge in [0.1, 0.15) is 0 Å². The molecule has 76 valence electrons. The van der Waals surface area contributed by atoms with Gasteiger partial charge in [0.2, 0.25) is 0 Å². The molecule has 4 nitrogen and oxygen atoms in total. The summed E-state index contributed by atoms with van der Waals surface area (Å²) in [5.41, 5.74) is 1.16. The first-order valence-electron chi connectivity index (χ1n) is 4.72. The maximum absolute atomic E-state index is 10.6. The number of aliphatic carboxylic acids is 1. The molecule has 0 radical (unpaired) electrons. The summed E-state index contributed by atoms with van der Waals surface area (Å²) in [5, 5.41) is 8.75. The summed E-state index contributed by atoms with van der Waals surface area (Å²) in [6, 6.07) is 3.92. The summed E-state index contributed by atoms with van der Waals surface area (Å²) in [6.07, 6.45) is 2.92. The zero-order valence-electron chi connectivity index (χ0n) is 7.85. The van der Waals surface area contributed by atoms with Crippen LogP contribution in [0.25, 0.3) is 0 Å². The summed E-state index contributed by atoms with van der Waals surface area (Å²) in [7, 11) is 0. The molecule has 1 atom stereocenters. The Morgan fingerprint density at radius 1 is 1.71 bits per heavy atom. The Labute approximate surface area is 82.1 Å². The quantitative estimate of drug-likeness (QED) is 0.768. The van der Waals surface area contributed by atoms with E-state index in [9.17, 15) is 4.79 Å². The second-order valence-electron chi connectivity index (χ2n) is 3.48. The van der Waals surface area contributed by atoms with E-state index in [0.717, 1.165) is 12.1 Å². The normalized spacial score (nSPS) is 21.3.